The molecule has 1 aromatic rings. The van der Waals surface area contributed by atoms with Crippen molar-refractivity contribution in [3.8, 4) is 0 Å². The van der Waals surface area contributed by atoms with Gasteiger partial charge >= 0.3 is 5.97 Å². The molecule has 0 atom stereocenters. The van der Waals surface area contributed by atoms with E-state index in [0.717, 1.165) is 17.7 Å². The number of carboxylic acids is 1. The molecule has 0 radical (unpaired) electrons. The van der Waals surface area contributed by atoms with Gasteiger partial charge in [0.25, 0.3) is 0 Å². The molecule has 1 aromatic carbocycles. The van der Waals surface area contributed by atoms with Crippen molar-refractivity contribution >= 4 is 17.6 Å². The van der Waals surface area contributed by atoms with Crippen LogP contribution in [0.5, 0.6) is 0 Å². The number of fused-ring (bicyclic) bond motifs is 1. The average Bonchev–Trinajstić information content (AvgIpc) is 2.73. The predicted molar refractivity (Wildman–Crippen MR) is 80.5 cm³/mol. The Bertz CT molecular complexity index is 631. The van der Waals surface area contributed by atoms with E-state index >= 15 is 0 Å². The lowest BCUT2D eigenvalue weighted by atomic mass is 10.0. The van der Waals surface area contributed by atoms with Crippen molar-refractivity contribution in [1.29, 1.82) is 0 Å². The van der Waals surface area contributed by atoms with Gasteiger partial charge in [-0.25, -0.2) is 4.79 Å². The highest BCUT2D eigenvalue weighted by atomic mass is 16.4. The third-order valence-corrected chi connectivity index (χ3v) is 5.76. The van der Waals surface area contributed by atoms with Crippen LogP contribution >= 0.6 is 0 Å². The van der Waals surface area contributed by atoms with E-state index in [0.29, 0.717) is 6.54 Å². The Hall–Kier alpha value is -1.84. The molecule has 2 aliphatic rings. The minimum absolute atomic E-state index is 0.0217. The van der Waals surface area contributed by atoms with E-state index in [-0.39, 0.29) is 28.2 Å². The van der Waals surface area contributed by atoms with E-state index in [9.17, 15) is 9.59 Å². The first-order valence-corrected chi connectivity index (χ1v) is 7.35. The second-order valence-corrected chi connectivity index (χ2v) is 7.26. The van der Waals surface area contributed by atoms with E-state index in [1.165, 1.54) is 0 Å². The standard InChI is InChI=1S/C17H21NO3/c1-16(2)13(17(16,3)4)14(19)18-8-7-10-9-11(15(20)21)5-6-12(10)18/h5-6,9,13H,7-8H2,1-4H3,(H,20,21). The lowest BCUT2D eigenvalue weighted by Gasteiger charge is -2.18. The van der Waals surface area contributed by atoms with Crippen LogP contribution in [0.3, 0.4) is 0 Å². The molecule has 3 rings (SSSR count). The first-order valence-electron chi connectivity index (χ1n) is 7.35. The van der Waals surface area contributed by atoms with Gasteiger partial charge in [-0.2, -0.15) is 0 Å². The maximum atomic E-state index is 12.8. The molecule has 1 N–H and O–H groups in total. The van der Waals surface area contributed by atoms with E-state index < -0.39 is 5.97 Å². The molecule has 0 bridgehead atoms. The Morgan fingerprint density at radius 1 is 1.19 bits per heavy atom. The zero-order valence-corrected chi connectivity index (χ0v) is 12.9. The largest absolute Gasteiger partial charge is 0.478 e. The Morgan fingerprint density at radius 2 is 1.81 bits per heavy atom. The Morgan fingerprint density at radius 3 is 2.33 bits per heavy atom. The van der Waals surface area contributed by atoms with Gasteiger partial charge in [-0.05, 0) is 41.0 Å². The summed E-state index contributed by atoms with van der Waals surface area (Å²) in [7, 11) is 0. The lowest BCUT2D eigenvalue weighted by molar-refractivity contribution is -0.120. The maximum absolute atomic E-state index is 12.8. The van der Waals surface area contributed by atoms with E-state index in [1.807, 2.05) is 4.90 Å². The van der Waals surface area contributed by atoms with Crippen molar-refractivity contribution in [2.75, 3.05) is 11.4 Å². The Kier molecular flexibility index (Phi) is 2.75. The van der Waals surface area contributed by atoms with Crippen LogP contribution in [0.1, 0.15) is 43.6 Å². The van der Waals surface area contributed by atoms with Crippen molar-refractivity contribution < 1.29 is 14.7 Å². The van der Waals surface area contributed by atoms with Crippen molar-refractivity contribution in [1.82, 2.24) is 0 Å². The number of amides is 1. The summed E-state index contributed by atoms with van der Waals surface area (Å²) in [5.74, 6) is -0.714. The smallest absolute Gasteiger partial charge is 0.335 e. The third kappa shape index (κ3) is 1.81. The molecule has 0 saturated heterocycles. The maximum Gasteiger partial charge on any atom is 0.335 e. The summed E-state index contributed by atoms with van der Waals surface area (Å²) in [5, 5.41) is 9.05. The van der Waals surface area contributed by atoms with E-state index in [2.05, 4.69) is 27.7 Å². The van der Waals surface area contributed by atoms with Crippen LogP contribution in [-0.4, -0.2) is 23.5 Å². The highest BCUT2D eigenvalue weighted by Gasteiger charge is 2.69. The Labute approximate surface area is 124 Å². The van der Waals surface area contributed by atoms with Crippen LogP contribution in [-0.2, 0) is 11.2 Å². The van der Waals surface area contributed by atoms with Gasteiger partial charge in [0, 0.05) is 18.2 Å². The van der Waals surface area contributed by atoms with Gasteiger partial charge in [-0.1, -0.05) is 27.7 Å². The van der Waals surface area contributed by atoms with Gasteiger partial charge in [0.2, 0.25) is 5.91 Å². The summed E-state index contributed by atoms with van der Waals surface area (Å²) in [6.07, 6.45) is 0.732. The molecule has 4 nitrogen and oxygen atoms in total. The highest BCUT2D eigenvalue weighted by molar-refractivity contribution is 6.00. The monoisotopic (exact) mass is 287 g/mol. The average molecular weight is 287 g/mol. The molecule has 0 aromatic heterocycles. The van der Waals surface area contributed by atoms with Gasteiger partial charge < -0.3 is 10.0 Å². The number of carboxylic acid groups (broad SMARTS) is 1. The number of carbonyl (C=O) groups excluding carboxylic acids is 1. The van der Waals surface area contributed by atoms with Crippen molar-refractivity contribution in [2.24, 2.45) is 16.7 Å². The minimum Gasteiger partial charge on any atom is -0.478 e. The molecule has 1 fully saturated rings. The molecule has 0 spiro atoms. The van der Waals surface area contributed by atoms with Gasteiger partial charge in [-0.15, -0.1) is 0 Å². The molecule has 21 heavy (non-hydrogen) atoms. The summed E-state index contributed by atoms with van der Waals surface area (Å²) in [6.45, 7) is 9.21. The molecule has 0 unspecified atom stereocenters. The number of hydrogen-bond donors (Lipinski definition) is 1. The van der Waals surface area contributed by atoms with Gasteiger partial charge in [0.1, 0.15) is 0 Å². The second-order valence-electron chi connectivity index (χ2n) is 7.26. The minimum atomic E-state index is -0.924. The molecule has 4 heteroatoms. The first-order chi connectivity index (χ1) is 9.68. The van der Waals surface area contributed by atoms with Crippen LogP contribution < -0.4 is 4.90 Å². The first kappa shape index (κ1) is 14.1. The molecular weight excluding hydrogens is 266 g/mol. The topological polar surface area (TPSA) is 57.6 Å². The van der Waals surface area contributed by atoms with Gasteiger partial charge in [-0.3, -0.25) is 4.79 Å². The molecule has 1 aliphatic carbocycles. The normalized spacial score (nSPS) is 22.0. The molecule has 1 saturated carbocycles. The third-order valence-electron chi connectivity index (χ3n) is 5.76. The fraction of sp³-hybridized carbons (Fsp3) is 0.529. The zero-order chi connectivity index (χ0) is 15.6. The van der Waals surface area contributed by atoms with Crippen LogP contribution in [0.25, 0.3) is 0 Å². The fourth-order valence-corrected chi connectivity index (χ4v) is 3.73. The van der Waals surface area contributed by atoms with Gasteiger partial charge in [0.05, 0.1) is 5.56 Å². The molecular formula is C17H21NO3. The van der Waals surface area contributed by atoms with Crippen molar-refractivity contribution in [3.63, 3.8) is 0 Å². The van der Waals surface area contributed by atoms with Crippen molar-refractivity contribution in [3.05, 3.63) is 29.3 Å². The quantitative estimate of drug-likeness (QED) is 0.909. The fourth-order valence-electron chi connectivity index (χ4n) is 3.73. The van der Waals surface area contributed by atoms with Crippen LogP contribution in [0.4, 0.5) is 5.69 Å². The molecule has 112 valence electrons. The van der Waals surface area contributed by atoms with Gasteiger partial charge in [0.15, 0.2) is 0 Å². The predicted octanol–water partition coefficient (Wildman–Crippen LogP) is 2.96. The van der Waals surface area contributed by atoms with Crippen LogP contribution in [0.2, 0.25) is 0 Å². The molecule has 1 aliphatic heterocycles. The molecule has 1 amide bonds. The number of rotatable bonds is 2. The number of hydrogen-bond acceptors (Lipinski definition) is 2. The SMILES string of the molecule is CC1(C)C(C(=O)N2CCc3cc(C(=O)O)ccc32)C1(C)C. The summed E-state index contributed by atoms with van der Waals surface area (Å²) >= 11 is 0. The summed E-state index contributed by atoms with van der Waals surface area (Å²) in [4.78, 5) is 25.7. The summed E-state index contributed by atoms with van der Waals surface area (Å²) in [5.41, 5.74) is 2.17. The number of benzene rings is 1. The van der Waals surface area contributed by atoms with E-state index in [4.69, 9.17) is 5.11 Å². The van der Waals surface area contributed by atoms with Crippen molar-refractivity contribution in [2.45, 2.75) is 34.1 Å². The van der Waals surface area contributed by atoms with Crippen LogP contribution in [0.15, 0.2) is 18.2 Å². The number of anilines is 1. The lowest BCUT2D eigenvalue weighted by Crippen LogP contribution is -2.32. The van der Waals surface area contributed by atoms with E-state index in [1.54, 1.807) is 18.2 Å². The highest BCUT2D eigenvalue weighted by Crippen LogP contribution is 2.69. The second kappa shape index (κ2) is 4.09. The zero-order valence-electron chi connectivity index (χ0n) is 12.9. The Balaban J connectivity index is 1.89. The molecule has 1 heterocycles. The number of nitrogens with zero attached hydrogens (tertiary/aromatic N) is 1. The number of aromatic carboxylic acids is 1. The summed E-state index contributed by atoms with van der Waals surface area (Å²) in [6, 6.07) is 5.04. The number of carbonyl (C=O) groups is 2. The summed E-state index contributed by atoms with van der Waals surface area (Å²) < 4.78 is 0. The van der Waals surface area contributed by atoms with Crippen LogP contribution in [0, 0.1) is 16.7 Å².